The third-order valence-corrected chi connectivity index (χ3v) is 4.14. The van der Waals surface area contributed by atoms with Crippen LogP contribution in [0.25, 0.3) is 0 Å². The Morgan fingerprint density at radius 1 is 1.20 bits per heavy atom. The highest BCUT2D eigenvalue weighted by Crippen LogP contribution is 2.35. The molecule has 1 aliphatic rings. The van der Waals surface area contributed by atoms with Crippen molar-refractivity contribution in [1.29, 1.82) is 0 Å². The van der Waals surface area contributed by atoms with Crippen molar-refractivity contribution in [3.05, 3.63) is 59.0 Å². The summed E-state index contributed by atoms with van der Waals surface area (Å²) in [6.07, 6.45) is 2.23. The van der Waals surface area contributed by atoms with Crippen molar-refractivity contribution in [3.8, 4) is 0 Å². The summed E-state index contributed by atoms with van der Waals surface area (Å²) < 4.78 is 11.0. The van der Waals surface area contributed by atoms with Gasteiger partial charge in [0.25, 0.3) is 0 Å². The van der Waals surface area contributed by atoms with E-state index in [0.717, 1.165) is 24.4 Å². The lowest BCUT2D eigenvalue weighted by atomic mass is 9.95. The fraction of sp³-hybridized carbons (Fsp3) is 0.412. The molecule has 1 N–H and O–H groups in total. The lowest BCUT2D eigenvalue weighted by molar-refractivity contribution is 0.160. The maximum atomic E-state index is 5.90. The Hall–Kier alpha value is -1.58. The highest BCUT2D eigenvalue weighted by atomic mass is 16.5. The largest absolute Gasteiger partial charge is 0.462 e. The van der Waals surface area contributed by atoms with Crippen molar-refractivity contribution in [2.45, 2.75) is 25.5 Å². The molecule has 0 aliphatic heterocycles. The predicted molar refractivity (Wildman–Crippen MR) is 78.6 cm³/mol. The molecule has 1 aliphatic carbocycles. The van der Waals surface area contributed by atoms with Crippen molar-refractivity contribution in [2.75, 3.05) is 14.2 Å². The van der Waals surface area contributed by atoms with Crippen LogP contribution >= 0.6 is 0 Å². The standard InChI is InChI=1S/C17H21NO2/c1-18-17(16-8-7-15(20-16)11-19-2)14-9-12-5-3-4-6-13(12)10-14/h3-8,14,17-18H,9-11H2,1-2H3. The zero-order chi connectivity index (χ0) is 13.9. The van der Waals surface area contributed by atoms with Crippen molar-refractivity contribution >= 4 is 0 Å². The normalized spacial score (nSPS) is 16.3. The summed E-state index contributed by atoms with van der Waals surface area (Å²) in [6.45, 7) is 0.529. The van der Waals surface area contributed by atoms with Crippen molar-refractivity contribution in [2.24, 2.45) is 5.92 Å². The topological polar surface area (TPSA) is 34.4 Å². The number of hydrogen-bond donors (Lipinski definition) is 1. The van der Waals surface area contributed by atoms with Crippen LogP contribution < -0.4 is 5.32 Å². The highest BCUT2D eigenvalue weighted by Gasteiger charge is 2.30. The third-order valence-electron chi connectivity index (χ3n) is 4.14. The van der Waals surface area contributed by atoms with Crippen LogP contribution in [-0.4, -0.2) is 14.2 Å². The van der Waals surface area contributed by atoms with Gasteiger partial charge >= 0.3 is 0 Å². The molecule has 1 atom stereocenters. The molecule has 2 aromatic rings. The molecule has 1 aromatic carbocycles. The molecular weight excluding hydrogens is 250 g/mol. The minimum Gasteiger partial charge on any atom is -0.462 e. The zero-order valence-corrected chi connectivity index (χ0v) is 12.1. The van der Waals surface area contributed by atoms with Gasteiger partial charge < -0.3 is 14.5 Å². The van der Waals surface area contributed by atoms with Gasteiger partial charge in [-0.25, -0.2) is 0 Å². The van der Waals surface area contributed by atoms with E-state index in [2.05, 4.69) is 35.6 Å². The van der Waals surface area contributed by atoms with E-state index in [1.165, 1.54) is 11.1 Å². The summed E-state index contributed by atoms with van der Waals surface area (Å²) in [5.74, 6) is 2.45. The lowest BCUT2D eigenvalue weighted by Crippen LogP contribution is -2.25. The Balaban J connectivity index is 1.77. The molecular formula is C17H21NO2. The Morgan fingerprint density at radius 3 is 2.50 bits per heavy atom. The summed E-state index contributed by atoms with van der Waals surface area (Å²) in [5, 5.41) is 3.42. The molecule has 106 valence electrons. The molecule has 0 bridgehead atoms. The Bertz CT molecular complexity index is 551. The van der Waals surface area contributed by atoms with Gasteiger partial charge in [0.05, 0.1) is 6.04 Å². The molecule has 3 rings (SSSR count). The van der Waals surface area contributed by atoms with Gasteiger partial charge in [0.2, 0.25) is 0 Å². The Labute approximate surface area is 119 Å². The average Bonchev–Trinajstić information content (AvgIpc) is 3.07. The van der Waals surface area contributed by atoms with Crippen molar-refractivity contribution in [1.82, 2.24) is 5.32 Å². The molecule has 0 saturated carbocycles. The van der Waals surface area contributed by atoms with Gasteiger partial charge in [-0.15, -0.1) is 0 Å². The average molecular weight is 271 g/mol. The van der Waals surface area contributed by atoms with Gasteiger partial charge in [0, 0.05) is 7.11 Å². The second-order valence-corrected chi connectivity index (χ2v) is 5.44. The molecule has 20 heavy (non-hydrogen) atoms. The summed E-state index contributed by atoms with van der Waals surface area (Å²) in [4.78, 5) is 0. The molecule has 3 nitrogen and oxygen atoms in total. The number of rotatable bonds is 5. The summed E-state index contributed by atoms with van der Waals surface area (Å²) in [5.41, 5.74) is 2.95. The van der Waals surface area contributed by atoms with Crippen molar-refractivity contribution < 1.29 is 9.15 Å². The van der Waals surface area contributed by atoms with E-state index in [4.69, 9.17) is 9.15 Å². The number of nitrogens with one attached hydrogen (secondary N) is 1. The minimum absolute atomic E-state index is 0.257. The van der Waals surface area contributed by atoms with E-state index >= 15 is 0 Å². The van der Waals surface area contributed by atoms with Gasteiger partial charge in [0.1, 0.15) is 18.1 Å². The number of fused-ring (bicyclic) bond motifs is 1. The molecule has 3 heteroatoms. The first-order valence-electron chi connectivity index (χ1n) is 7.13. The first-order chi connectivity index (χ1) is 9.81. The SMILES string of the molecule is CNC(c1ccc(COC)o1)C1Cc2ccccc2C1. The molecule has 1 aromatic heterocycles. The van der Waals surface area contributed by atoms with Crippen molar-refractivity contribution in [3.63, 3.8) is 0 Å². The molecule has 0 amide bonds. The number of furan rings is 1. The van der Waals surface area contributed by atoms with Gasteiger partial charge in [-0.3, -0.25) is 0 Å². The molecule has 0 spiro atoms. The van der Waals surface area contributed by atoms with Crippen LogP contribution in [0.4, 0.5) is 0 Å². The second kappa shape index (κ2) is 5.81. The molecule has 1 heterocycles. The van der Waals surface area contributed by atoms with Gasteiger partial charge in [-0.1, -0.05) is 24.3 Å². The number of hydrogen-bond acceptors (Lipinski definition) is 3. The highest BCUT2D eigenvalue weighted by molar-refractivity contribution is 5.33. The molecule has 0 fully saturated rings. The van der Waals surface area contributed by atoms with Crippen LogP contribution in [0.15, 0.2) is 40.8 Å². The fourth-order valence-corrected chi connectivity index (χ4v) is 3.22. The molecule has 1 unspecified atom stereocenters. The van der Waals surface area contributed by atoms with Crippen LogP contribution in [-0.2, 0) is 24.2 Å². The summed E-state index contributed by atoms with van der Waals surface area (Å²) in [7, 11) is 3.69. The lowest BCUT2D eigenvalue weighted by Gasteiger charge is -2.20. The van der Waals surface area contributed by atoms with Crippen LogP contribution in [0, 0.1) is 5.92 Å². The first-order valence-corrected chi connectivity index (χ1v) is 7.13. The summed E-state index contributed by atoms with van der Waals surface area (Å²) >= 11 is 0. The van der Waals surface area contributed by atoms with Gasteiger partial charge in [-0.05, 0) is 49.1 Å². The number of methoxy groups -OCH3 is 1. The number of benzene rings is 1. The van der Waals surface area contributed by atoms with E-state index in [0.29, 0.717) is 12.5 Å². The summed E-state index contributed by atoms with van der Waals surface area (Å²) in [6, 6.07) is 13.1. The Morgan fingerprint density at radius 2 is 1.90 bits per heavy atom. The minimum atomic E-state index is 0.257. The van der Waals surface area contributed by atoms with Crippen LogP contribution in [0.3, 0.4) is 0 Å². The molecule has 0 radical (unpaired) electrons. The van der Waals surface area contributed by atoms with E-state index in [9.17, 15) is 0 Å². The van der Waals surface area contributed by atoms with E-state index in [1.54, 1.807) is 7.11 Å². The van der Waals surface area contributed by atoms with E-state index in [-0.39, 0.29) is 6.04 Å². The van der Waals surface area contributed by atoms with Crippen LogP contribution in [0.1, 0.15) is 28.7 Å². The predicted octanol–water partition coefficient (Wildman–Crippen LogP) is 3.10. The molecule has 0 saturated heterocycles. The monoisotopic (exact) mass is 271 g/mol. The first kappa shape index (κ1) is 13.4. The van der Waals surface area contributed by atoms with E-state index in [1.807, 2.05) is 13.1 Å². The Kier molecular flexibility index (Phi) is 3.90. The van der Waals surface area contributed by atoms with E-state index < -0.39 is 0 Å². The smallest absolute Gasteiger partial charge is 0.129 e. The number of ether oxygens (including phenoxy) is 1. The quantitative estimate of drug-likeness (QED) is 0.907. The van der Waals surface area contributed by atoms with Crippen LogP contribution in [0.5, 0.6) is 0 Å². The second-order valence-electron chi connectivity index (χ2n) is 5.44. The van der Waals surface area contributed by atoms with Gasteiger partial charge in [0.15, 0.2) is 0 Å². The third kappa shape index (κ3) is 2.51. The zero-order valence-electron chi connectivity index (χ0n) is 12.1. The fourth-order valence-electron chi connectivity index (χ4n) is 3.22. The van der Waals surface area contributed by atoms with Crippen LogP contribution in [0.2, 0.25) is 0 Å². The van der Waals surface area contributed by atoms with Gasteiger partial charge in [-0.2, -0.15) is 0 Å². The maximum absolute atomic E-state index is 5.90. The maximum Gasteiger partial charge on any atom is 0.129 e.